The molecule has 4 rings (SSSR count). The third-order valence-corrected chi connectivity index (χ3v) is 4.58. The topological polar surface area (TPSA) is 124 Å². The number of carbonyl (C=O) groups excluding carboxylic acids is 3. The summed E-state index contributed by atoms with van der Waals surface area (Å²) in [4.78, 5) is 39.4. The smallest absolute Gasteiger partial charge is 0.318 e. The van der Waals surface area contributed by atoms with Crippen molar-refractivity contribution >= 4 is 40.6 Å². The number of hydrazine groups is 1. The Kier molecular flexibility index (Phi) is 9.55. The third kappa shape index (κ3) is 8.99. The number of hydrogen-bond acceptors (Lipinski definition) is 5. The number of urea groups is 1. The van der Waals surface area contributed by atoms with Crippen LogP contribution in [0.5, 0.6) is 0 Å². The Morgan fingerprint density at radius 2 is 1.06 bits per heavy atom. The molecule has 1 aromatic heterocycles. The van der Waals surface area contributed by atoms with Crippen LogP contribution in [-0.2, 0) is 9.59 Å². The van der Waals surface area contributed by atoms with Crippen LogP contribution in [0, 0.1) is 6.92 Å². The van der Waals surface area contributed by atoms with Gasteiger partial charge in [-0.3, -0.25) is 25.4 Å². The number of nitrogens with one attached hydrogen (secondary N) is 5. The van der Waals surface area contributed by atoms with Gasteiger partial charge in [-0.25, -0.2) is 4.79 Å². The summed E-state index contributed by atoms with van der Waals surface area (Å²) in [7, 11) is 0. The lowest BCUT2D eigenvalue weighted by molar-refractivity contribution is -0.135. The number of aromatic nitrogens is 1. The number of nitrogens with zero attached hydrogens (tertiary/aromatic N) is 1. The zero-order valence-electron chi connectivity index (χ0n) is 19.6. The maximum absolute atomic E-state index is 12.0. The van der Waals surface area contributed by atoms with Gasteiger partial charge < -0.3 is 16.0 Å². The number of anilines is 4. The van der Waals surface area contributed by atoms with Gasteiger partial charge in [0.1, 0.15) is 0 Å². The number of para-hydroxylation sites is 1. The highest BCUT2D eigenvalue weighted by Crippen LogP contribution is 2.14. The lowest BCUT2D eigenvalue weighted by atomic mass is 10.2. The summed E-state index contributed by atoms with van der Waals surface area (Å²) in [5, 5.41) is 7.84. The van der Waals surface area contributed by atoms with Gasteiger partial charge in [0.15, 0.2) is 0 Å². The van der Waals surface area contributed by atoms with Crippen molar-refractivity contribution in [3.05, 3.63) is 115 Å². The normalized spacial score (nSPS) is 9.58. The molecule has 0 atom stereocenters. The molecule has 4 amide bonds. The summed E-state index contributed by atoms with van der Waals surface area (Å²) in [5.41, 5.74) is 8.48. The van der Waals surface area contributed by atoms with Gasteiger partial charge in [0.05, 0.1) is 5.69 Å². The first kappa shape index (κ1) is 25.4. The molecule has 182 valence electrons. The summed E-state index contributed by atoms with van der Waals surface area (Å²) in [6.07, 6.45) is 3.00. The van der Waals surface area contributed by atoms with E-state index in [4.69, 9.17) is 0 Å². The minimum atomic E-state index is -0.855. The molecule has 5 N–H and O–H groups in total. The highest BCUT2D eigenvalue weighted by atomic mass is 16.2. The molecular formula is C27H26N6O3. The summed E-state index contributed by atoms with van der Waals surface area (Å²) in [5.74, 6) is -1.68. The molecule has 9 heteroatoms. The standard InChI is InChI=1S/C20H18N6O3.C7H8/c27-18(22-16-10-12-21-13-11-16)19(28)26-25-17-8-6-15(7-9-17)24-20(29)23-14-4-2-1-3-5-14;1-7-5-3-2-4-6-7/h1-13,25H,(H,26,28)(H,21,22,27)(H2,23,24,29);2-6H,1H3. The highest BCUT2D eigenvalue weighted by molar-refractivity contribution is 6.39. The van der Waals surface area contributed by atoms with Crippen LogP contribution in [0.3, 0.4) is 0 Å². The molecule has 0 radical (unpaired) electrons. The van der Waals surface area contributed by atoms with Gasteiger partial charge in [0, 0.05) is 29.5 Å². The molecule has 0 aliphatic carbocycles. The molecule has 0 saturated heterocycles. The van der Waals surface area contributed by atoms with Crippen molar-refractivity contribution in [1.82, 2.24) is 10.4 Å². The Labute approximate surface area is 208 Å². The van der Waals surface area contributed by atoms with Crippen molar-refractivity contribution in [2.24, 2.45) is 0 Å². The number of benzene rings is 3. The van der Waals surface area contributed by atoms with Crippen molar-refractivity contribution in [1.29, 1.82) is 0 Å². The maximum atomic E-state index is 12.0. The van der Waals surface area contributed by atoms with Crippen molar-refractivity contribution in [3.8, 4) is 0 Å². The van der Waals surface area contributed by atoms with Gasteiger partial charge in [-0.15, -0.1) is 0 Å². The van der Waals surface area contributed by atoms with Crippen LogP contribution < -0.4 is 26.8 Å². The van der Waals surface area contributed by atoms with Crippen molar-refractivity contribution in [2.75, 3.05) is 21.4 Å². The lowest BCUT2D eigenvalue weighted by Gasteiger charge is -2.10. The van der Waals surface area contributed by atoms with Crippen LogP contribution in [0.1, 0.15) is 5.56 Å². The maximum Gasteiger partial charge on any atom is 0.327 e. The molecule has 0 saturated carbocycles. The molecule has 9 nitrogen and oxygen atoms in total. The van der Waals surface area contributed by atoms with Crippen LogP contribution >= 0.6 is 0 Å². The lowest BCUT2D eigenvalue weighted by Crippen LogP contribution is -2.38. The number of carbonyl (C=O) groups is 3. The Morgan fingerprint density at radius 3 is 1.61 bits per heavy atom. The van der Waals surface area contributed by atoms with Gasteiger partial charge in [0.25, 0.3) is 0 Å². The summed E-state index contributed by atoms with van der Waals surface area (Å²) >= 11 is 0. The monoisotopic (exact) mass is 482 g/mol. The molecule has 1 heterocycles. The average Bonchev–Trinajstić information content (AvgIpc) is 2.90. The van der Waals surface area contributed by atoms with Gasteiger partial charge in [-0.2, -0.15) is 0 Å². The zero-order chi connectivity index (χ0) is 25.6. The largest absolute Gasteiger partial charge is 0.327 e. The van der Waals surface area contributed by atoms with Gasteiger partial charge in [-0.05, 0) is 55.5 Å². The minimum Gasteiger partial charge on any atom is -0.318 e. The Balaban J connectivity index is 0.000000444. The molecule has 0 aliphatic rings. The Bertz CT molecular complexity index is 1250. The van der Waals surface area contributed by atoms with Crippen molar-refractivity contribution in [3.63, 3.8) is 0 Å². The van der Waals surface area contributed by atoms with Crippen LogP contribution in [0.4, 0.5) is 27.5 Å². The molecular weight excluding hydrogens is 456 g/mol. The molecule has 0 fully saturated rings. The van der Waals surface area contributed by atoms with E-state index < -0.39 is 11.8 Å². The van der Waals surface area contributed by atoms with E-state index in [0.717, 1.165) is 0 Å². The summed E-state index contributed by atoms with van der Waals surface area (Å²) in [6, 6.07) is 28.6. The van der Waals surface area contributed by atoms with Crippen LogP contribution in [-0.4, -0.2) is 22.8 Å². The van der Waals surface area contributed by atoms with E-state index in [1.807, 2.05) is 36.4 Å². The minimum absolute atomic E-state index is 0.377. The molecule has 36 heavy (non-hydrogen) atoms. The Hall–Kier alpha value is -5.18. The molecule has 0 bridgehead atoms. The average molecular weight is 483 g/mol. The van der Waals surface area contributed by atoms with Gasteiger partial charge in [0.2, 0.25) is 0 Å². The molecule has 3 aromatic carbocycles. The SMILES string of the molecule is Cc1ccccc1.O=C(Nc1ccccc1)Nc1ccc(NNC(=O)C(=O)Nc2ccncc2)cc1. The molecule has 0 unspecified atom stereocenters. The second kappa shape index (κ2) is 13.5. The number of hydrogen-bond donors (Lipinski definition) is 5. The van der Waals surface area contributed by atoms with Gasteiger partial charge in [-0.1, -0.05) is 54.1 Å². The number of pyridine rings is 1. The quantitative estimate of drug-likeness (QED) is 0.206. The fourth-order valence-electron chi connectivity index (χ4n) is 2.80. The number of aryl methyl sites for hydroxylation is 1. The Morgan fingerprint density at radius 1 is 0.556 bits per heavy atom. The van der Waals surface area contributed by atoms with Crippen molar-refractivity contribution < 1.29 is 14.4 Å². The van der Waals surface area contributed by atoms with E-state index in [1.54, 1.807) is 48.5 Å². The van der Waals surface area contributed by atoms with E-state index in [1.165, 1.54) is 18.0 Å². The second-order valence-electron chi connectivity index (χ2n) is 7.45. The van der Waals surface area contributed by atoms with E-state index in [9.17, 15) is 14.4 Å². The highest BCUT2D eigenvalue weighted by Gasteiger charge is 2.13. The second-order valence-corrected chi connectivity index (χ2v) is 7.45. The molecule has 0 spiro atoms. The summed E-state index contributed by atoms with van der Waals surface area (Å²) in [6.45, 7) is 2.08. The van der Waals surface area contributed by atoms with E-state index in [-0.39, 0.29) is 6.03 Å². The first-order valence-corrected chi connectivity index (χ1v) is 11.0. The van der Waals surface area contributed by atoms with Crippen LogP contribution in [0.15, 0.2) is 109 Å². The fraction of sp³-hybridized carbons (Fsp3) is 0.0370. The van der Waals surface area contributed by atoms with E-state index in [0.29, 0.717) is 22.7 Å². The van der Waals surface area contributed by atoms with Crippen LogP contribution in [0.25, 0.3) is 0 Å². The number of amides is 4. The zero-order valence-corrected chi connectivity index (χ0v) is 19.6. The van der Waals surface area contributed by atoms with E-state index >= 15 is 0 Å². The first-order chi connectivity index (χ1) is 17.5. The predicted octanol–water partition coefficient (Wildman–Crippen LogP) is 4.80. The molecule has 4 aromatic rings. The third-order valence-electron chi connectivity index (χ3n) is 4.58. The fourth-order valence-corrected chi connectivity index (χ4v) is 2.80. The van der Waals surface area contributed by atoms with E-state index in [2.05, 4.69) is 50.8 Å². The summed E-state index contributed by atoms with van der Waals surface area (Å²) < 4.78 is 0. The number of rotatable bonds is 5. The van der Waals surface area contributed by atoms with Crippen LogP contribution in [0.2, 0.25) is 0 Å². The van der Waals surface area contributed by atoms with Crippen molar-refractivity contribution in [2.45, 2.75) is 6.92 Å². The first-order valence-electron chi connectivity index (χ1n) is 11.0. The molecule has 0 aliphatic heterocycles. The predicted molar refractivity (Wildman–Crippen MR) is 141 cm³/mol. The van der Waals surface area contributed by atoms with Gasteiger partial charge >= 0.3 is 17.8 Å².